The number of anilines is 2. The molecule has 2 heterocycles. The van der Waals surface area contributed by atoms with Crippen LogP contribution >= 0.6 is 35.1 Å². The summed E-state index contributed by atoms with van der Waals surface area (Å²) in [7, 11) is 0. The van der Waals surface area contributed by atoms with E-state index in [1.165, 1.54) is 17.3 Å². The first-order valence-corrected chi connectivity index (χ1v) is 7.68. The lowest BCUT2D eigenvalue weighted by Gasteiger charge is -2.21. The molecule has 1 atom stereocenters. The molecule has 88 valence electrons. The van der Waals surface area contributed by atoms with Crippen molar-refractivity contribution in [3.8, 4) is 0 Å². The van der Waals surface area contributed by atoms with Gasteiger partial charge in [-0.25, -0.2) is 4.98 Å². The van der Waals surface area contributed by atoms with Crippen molar-refractivity contribution < 1.29 is 0 Å². The van der Waals surface area contributed by atoms with Crippen LogP contribution in [0.4, 0.5) is 11.5 Å². The van der Waals surface area contributed by atoms with Crippen molar-refractivity contribution in [2.24, 2.45) is 0 Å². The predicted molar refractivity (Wildman–Crippen MR) is 75.7 cm³/mol. The zero-order valence-corrected chi connectivity index (χ0v) is 11.2. The lowest BCUT2D eigenvalue weighted by molar-refractivity contribution is 0.994. The predicted octanol–water partition coefficient (Wildman–Crippen LogP) is 2.58. The van der Waals surface area contributed by atoms with E-state index in [9.17, 15) is 0 Å². The van der Waals surface area contributed by atoms with Crippen LogP contribution in [-0.4, -0.2) is 34.0 Å². The van der Waals surface area contributed by atoms with E-state index < -0.39 is 0 Å². The van der Waals surface area contributed by atoms with Gasteiger partial charge in [-0.1, -0.05) is 11.6 Å². The molecule has 0 spiro atoms. The molecule has 1 aromatic rings. The third-order valence-corrected chi connectivity index (χ3v) is 5.32. The molecule has 0 radical (unpaired) electrons. The molecule has 3 nitrogen and oxygen atoms in total. The van der Waals surface area contributed by atoms with Crippen LogP contribution in [0.3, 0.4) is 0 Å². The molecule has 1 aliphatic heterocycles. The number of nitrogens with one attached hydrogen (secondary N) is 1. The van der Waals surface area contributed by atoms with Crippen LogP contribution in [0.15, 0.2) is 12.3 Å². The van der Waals surface area contributed by atoms with Crippen molar-refractivity contribution in [2.75, 3.05) is 34.9 Å². The van der Waals surface area contributed by atoms with E-state index in [1.807, 2.05) is 23.5 Å². The number of nitrogens with two attached hydrogens (primary N) is 1. The first kappa shape index (κ1) is 12.2. The summed E-state index contributed by atoms with van der Waals surface area (Å²) in [6.07, 6.45) is 1.61. The number of hydrogen-bond acceptors (Lipinski definition) is 5. The Labute approximate surface area is 109 Å². The quantitative estimate of drug-likeness (QED) is 0.888. The van der Waals surface area contributed by atoms with Gasteiger partial charge in [0.1, 0.15) is 5.82 Å². The smallest absolute Gasteiger partial charge is 0.149 e. The van der Waals surface area contributed by atoms with Gasteiger partial charge in [-0.3, -0.25) is 0 Å². The molecule has 6 heteroatoms. The second-order valence-electron chi connectivity index (χ2n) is 3.54. The van der Waals surface area contributed by atoms with Gasteiger partial charge in [0.2, 0.25) is 0 Å². The van der Waals surface area contributed by atoms with Gasteiger partial charge in [0, 0.05) is 35.3 Å². The summed E-state index contributed by atoms with van der Waals surface area (Å²) in [5, 5.41) is 4.50. The Morgan fingerprint density at radius 3 is 3.12 bits per heavy atom. The van der Waals surface area contributed by atoms with Crippen LogP contribution in [0, 0.1) is 0 Å². The minimum Gasteiger partial charge on any atom is -0.396 e. The maximum absolute atomic E-state index is 5.82. The van der Waals surface area contributed by atoms with E-state index in [2.05, 4.69) is 10.3 Å². The zero-order chi connectivity index (χ0) is 11.4. The Hall–Kier alpha value is -0.260. The van der Waals surface area contributed by atoms with Gasteiger partial charge >= 0.3 is 0 Å². The molecule has 0 saturated carbocycles. The van der Waals surface area contributed by atoms with E-state index in [1.54, 1.807) is 12.3 Å². The number of halogens is 1. The van der Waals surface area contributed by atoms with Gasteiger partial charge in [0.15, 0.2) is 0 Å². The van der Waals surface area contributed by atoms with E-state index in [0.29, 0.717) is 16.0 Å². The van der Waals surface area contributed by atoms with Crippen LogP contribution in [0.1, 0.15) is 0 Å². The fourth-order valence-corrected chi connectivity index (χ4v) is 4.25. The van der Waals surface area contributed by atoms with Crippen molar-refractivity contribution >= 4 is 46.6 Å². The molecule has 2 rings (SSSR count). The van der Waals surface area contributed by atoms with Crippen molar-refractivity contribution in [3.63, 3.8) is 0 Å². The van der Waals surface area contributed by atoms with Gasteiger partial charge in [0.05, 0.1) is 10.7 Å². The van der Waals surface area contributed by atoms with E-state index in [4.69, 9.17) is 17.3 Å². The first-order chi connectivity index (χ1) is 7.75. The van der Waals surface area contributed by atoms with Crippen LogP contribution in [0.2, 0.25) is 5.02 Å². The molecule has 0 aliphatic carbocycles. The number of aromatic nitrogens is 1. The Bertz CT molecular complexity index is 356. The van der Waals surface area contributed by atoms with Crippen molar-refractivity contribution in [3.05, 3.63) is 17.3 Å². The second-order valence-corrected chi connectivity index (χ2v) is 6.53. The summed E-state index contributed by atoms with van der Waals surface area (Å²) in [5.74, 6) is 4.44. The van der Waals surface area contributed by atoms with E-state index in [-0.39, 0.29) is 0 Å². The minimum absolute atomic E-state index is 0.575. The SMILES string of the molecule is Nc1cc(Cl)cnc1NCC1CSCCS1. The Balaban J connectivity index is 1.88. The number of hydrogen-bond donors (Lipinski definition) is 2. The molecule has 1 unspecified atom stereocenters. The van der Waals surface area contributed by atoms with Crippen LogP contribution in [-0.2, 0) is 0 Å². The standard InChI is InChI=1S/C10H14ClN3S2/c11-7-3-9(12)10(13-4-7)14-5-8-6-15-1-2-16-8/h3-4,8H,1-2,5-6,12H2,(H,13,14). The summed E-state index contributed by atoms with van der Waals surface area (Å²) >= 11 is 9.81. The molecule has 0 aromatic carbocycles. The summed E-state index contributed by atoms with van der Waals surface area (Å²) in [5.41, 5.74) is 6.43. The highest BCUT2D eigenvalue weighted by molar-refractivity contribution is 8.06. The van der Waals surface area contributed by atoms with Gasteiger partial charge in [-0.05, 0) is 6.07 Å². The van der Waals surface area contributed by atoms with Crippen LogP contribution in [0.25, 0.3) is 0 Å². The first-order valence-electron chi connectivity index (χ1n) is 5.10. The molecule has 3 N–H and O–H groups in total. The average molecular weight is 276 g/mol. The largest absolute Gasteiger partial charge is 0.396 e. The zero-order valence-electron chi connectivity index (χ0n) is 8.78. The number of pyridine rings is 1. The fraction of sp³-hybridized carbons (Fsp3) is 0.500. The van der Waals surface area contributed by atoms with Crippen LogP contribution < -0.4 is 11.1 Å². The number of nitrogens with zero attached hydrogens (tertiary/aromatic N) is 1. The second kappa shape index (κ2) is 5.89. The van der Waals surface area contributed by atoms with Crippen molar-refractivity contribution in [1.82, 2.24) is 4.98 Å². The topological polar surface area (TPSA) is 50.9 Å². The highest BCUT2D eigenvalue weighted by Gasteiger charge is 2.14. The number of nitrogen functional groups attached to an aromatic ring is 1. The van der Waals surface area contributed by atoms with Gasteiger partial charge < -0.3 is 11.1 Å². The van der Waals surface area contributed by atoms with Gasteiger partial charge in [0.25, 0.3) is 0 Å². The Morgan fingerprint density at radius 1 is 1.56 bits per heavy atom. The molecule has 1 aromatic heterocycles. The monoisotopic (exact) mass is 275 g/mol. The number of rotatable bonds is 3. The van der Waals surface area contributed by atoms with Crippen LogP contribution in [0.5, 0.6) is 0 Å². The summed E-state index contributed by atoms with van der Waals surface area (Å²) in [6, 6.07) is 1.72. The Kier molecular flexibility index (Phi) is 4.49. The van der Waals surface area contributed by atoms with Crippen molar-refractivity contribution in [2.45, 2.75) is 5.25 Å². The molecular formula is C10H14ClN3S2. The molecule has 0 amide bonds. The minimum atomic E-state index is 0.575. The molecule has 1 saturated heterocycles. The third kappa shape index (κ3) is 3.37. The maximum atomic E-state index is 5.82. The van der Waals surface area contributed by atoms with E-state index >= 15 is 0 Å². The molecular weight excluding hydrogens is 262 g/mol. The Morgan fingerprint density at radius 2 is 2.44 bits per heavy atom. The number of thioether (sulfide) groups is 2. The summed E-state index contributed by atoms with van der Waals surface area (Å²) < 4.78 is 0. The highest BCUT2D eigenvalue weighted by atomic mass is 35.5. The lowest BCUT2D eigenvalue weighted by atomic mass is 10.4. The fourth-order valence-electron chi connectivity index (χ4n) is 1.47. The molecule has 16 heavy (non-hydrogen) atoms. The molecule has 1 fully saturated rings. The van der Waals surface area contributed by atoms with E-state index in [0.717, 1.165) is 12.4 Å². The third-order valence-electron chi connectivity index (χ3n) is 2.27. The lowest BCUT2D eigenvalue weighted by Crippen LogP contribution is -2.23. The van der Waals surface area contributed by atoms with Crippen molar-refractivity contribution in [1.29, 1.82) is 0 Å². The summed E-state index contributed by atoms with van der Waals surface area (Å²) in [6.45, 7) is 0.913. The van der Waals surface area contributed by atoms with Gasteiger partial charge in [-0.2, -0.15) is 23.5 Å². The average Bonchev–Trinajstić information content (AvgIpc) is 2.29. The highest BCUT2D eigenvalue weighted by Crippen LogP contribution is 2.25. The van der Waals surface area contributed by atoms with Gasteiger partial charge in [-0.15, -0.1) is 0 Å². The maximum Gasteiger partial charge on any atom is 0.149 e. The molecule has 1 aliphatic rings. The summed E-state index contributed by atoms with van der Waals surface area (Å²) in [4.78, 5) is 4.18. The normalized spacial score (nSPS) is 20.7. The molecule has 0 bridgehead atoms.